The highest BCUT2D eigenvalue weighted by atomic mass is 35.5. The van der Waals surface area contributed by atoms with E-state index in [4.69, 9.17) is 49.0 Å². The van der Waals surface area contributed by atoms with Crippen LogP contribution in [0.5, 0.6) is 17.2 Å². The quantitative estimate of drug-likeness (QED) is 0.0261. The topological polar surface area (TPSA) is 303 Å². The predicted molar refractivity (Wildman–Crippen MR) is 477 cm³/mol. The summed E-state index contributed by atoms with van der Waals surface area (Å²) >= 11 is 18.8. The first kappa shape index (κ1) is 86.4. The zero-order chi connectivity index (χ0) is 85.7. The van der Waals surface area contributed by atoms with E-state index in [1.54, 1.807) is 91.8 Å². The van der Waals surface area contributed by atoms with Crippen LogP contribution >= 0.6 is 34.8 Å². The molecule has 0 aliphatic rings. The minimum Gasteiger partial charge on any atom is -0.494 e. The van der Waals surface area contributed by atoms with Crippen molar-refractivity contribution in [1.29, 1.82) is 0 Å². The average Bonchev–Trinajstić information content (AvgIpc) is 1.63. The summed E-state index contributed by atoms with van der Waals surface area (Å²) in [6.45, 7) is 14.8. The van der Waals surface area contributed by atoms with E-state index in [1.165, 1.54) is 36.4 Å². The lowest BCUT2D eigenvalue weighted by Gasteiger charge is -2.11. The van der Waals surface area contributed by atoms with Crippen LogP contribution in [0.3, 0.4) is 0 Å². The molecule has 618 valence electrons. The molecule has 0 spiro atoms. The van der Waals surface area contributed by atoms with Crippen LogP contribution in [0, 0.1) is 48.5 Å². The first-order valence-corrected chi connectivity index (χ1v) is 44.4. The number of carbonyl (C=O) groups excluding carboxylic acids is 3. The number of pyridine rings is 3. The number of aromatic nitrogens is 6. The molecule has 6 N–H and O–H groups in total. The van der Waals surface area contributed by atoms with E-state index in [0.29, 0.717) is 63.9 Å². The maximum atomic E-state index is 13.5. The number of nitrogens with one attached hydrogen (secondary N) is 6. The number of ether oxygens (including phenoxy) is 3. The number of aryl methyl sites for hydroxylation is 10. The zero-order valence-corrected chi connectivity index (χ0v) is 71.9. The van der Waals surface area contributed by atoms with Gasteiger partial charge in [-0.2, -0.15) is 0 Å². The van der Waals surface area contributed by atoms with Gasteiger partial charge in [-0.25, -0.2) is 39.4 Å². The molecule has 27 heteroatoms. The van der Waals surface area contributed by atoms with Crippen LogP contribution in [0.25, 0.3) is 66.1 Å². The SMILES string of the molecule is Cc1cc(OCCCc2c(C(=O)NS(=O)(=O)c3ccccc3)[nH]c3c(-c4cccnc4)cccc23)cc(C)c1Cl.Cc1cc(OCCCc2c(C(=O)NS(=O)(=O)c3ccccc3)[nH]c3c(-c4ccncc4)cccc23)cc(C)c1Cl.Cc1cnccc1-c1cccc2c(CCCOc3cc(C)c(Cl)c(C)c3)c(C(=O)NS(=O)(=O)c3ccccc3)[nH]c12. The van der Waals surface area contributed by atoms with E-state index in [1.807, 2.05) is 170 Å². The van der Waals surface area contributed by atoms with Gasteiger partial charge in [-0.15, -0.1) is 0 Å². The van der Waals surface area contributed by atoms with Gasteiger partial charge in [0.1, 0.15) is 34.3 Å². The van der Waals surface area contributed by atoms with E-state index in [2.05, 4.69) is 44.1 Å². The molecule has 0 saturated heterocycles. The Morgan fingerprint density at radius 2 is 0.653 bits per heavy atom. The number of nitrogens with zero attached hydrogens (tertiary/aromatic N) is 3. The Morgan fingerprint density at radius 3 is 0.992 bits per heavy atom. The van der Waals surface area contributed by atoms with Gasteiger partial charge in [-0.1, -0.05) is 150 Å². The second-order valence-electron chi connectivity index (χ2n) is 29.0. The molecule has 15 aromatic rings. The van der Waals surface area contributed by atoms with Crippen molar-refractivity contribution in [2.24, 2.45) is 0 Å². The molecule has 0 bridgehead atoms. The highest BCUT2D eigenvalue weighted by Gasteiger charge is 2.29. The van der Waals surface area contributed by atoms with E-state index >= 15 is 0 Å². The predicted octanol–water partition coefficient (Wildman–Crippen LogP) is 20.2. The zero-order valence-electron chi connectivity index (χ0n) is 67.1. The number of hydrogen-bond acceptors (Lipinski definition) is 15. The fourth-order valence-corrected chi connectivity index (χ4v) is 17.8. The Labute approximate surface area is 717 Å². The summed E-state index contributed by atoms with van der Waals surface area (Å²) in [4.78, 5) is 62.7. The van der Waals surface area contributed by atoms with Crippen molar-refractivity contribution in [3.63, 3.8) is 0 Å². The Balaban J connectivity index is 0.000000157. The second-order valence-corrected chi connectivity index (χ2v) is 35.2. The summed E-state index contributed by atoms with van der Waals surface area (Å²) < 4.78 is 102. The third-order valence-corrected chi connectivity index (χ3v) is 26.2. The smallest absolute Gasteiger partial charge is 0.281 e. The standard InChI is InChI=1S/C32H30ClN3O4S.2C31H28ClN3O4S/c1-20-17-23(18-21(2)29(20)33)40-16-8-13-28-27-12-7-11-26(25-14-15-34-19-22(25)3)30(27)35-31(28)32(37)36-41(38,39)24-9-5-4-6-10-24;1-20-17-23(18-21(2)28(20)32)39-16-8-14-27-26-13-6-12-25(22-9-7-15-33-19-22)29(26)34-30(27)31(36)35-40(37,38)24-10-4-3-5-11-24;1-20-18-23(19-21(2)28(20)32)39-17-7-12-27-26-11-6-10-25(22-13-15-33-16-14-22)29(26)34-30(27)31(36)35-40(37,38)24-8-4-3-5-9-24/h4-7,9-12,14-15,17-19,35H,8,13,16H2,1-3H3,(H,36,37);3-7,9-13,15,17-19,34H,8,14,16H2,1-2H3,(H,35,36);3-6,8-11,13-16,18-19,34H,7,12,17H2,1-2H3,(H,35,36). The van der Waals surface area contributed by atoms with Gasteiger partial charge in [0.25, 0.3) is 47.8 Å². The van der Waals surface area contributed by atoms with Crippen LogP contribution in [-0.4, -0.2) is 92.7 Å². The van der Waals surface area contributed by atoms with E-state index in [0.717, 1.165) is 148 Å². The normalized spacial score (nSPS) is 11.5. The van der Waals surface area contributed by atoms with Gasteiger partial charge in [0, 0.05) is 90.7 Å². The van der Waals surface area contributed by atoms with Crippen LogP contribution < -0.4 is 28.4 Å². The molecule has 0 aliphatic heterocycles. The number of carbonyl (C=O) groups is 3. The van der Waals surface area contributed by atoms with Crippen LogP contribution in [-0.2, 0) is 49.3 Å². The van der Waals surface area contributed by atoms with Gasteiger partial charge in [-0.3, -0.25) is 29.3 Å². The van der Waals surface area contributed by atoms with Crippen molar-refractivity contribution in [3.05, 3.63) is 337 Å². The first-order chi connectivity index (χ1) is 58.1. The second kappa shape index (κ2) is 38.3. The molecule has 6 heterocycles. The molecule has 9 aromatic carbocycles. The summed E-state index contributed by atoms with van der Waals surface area (Å²) in [5.74, 6) is 0.0139. The van der Waals surface area contributed by atoms with Gasteiger partial charge in [-0.05, 0) is 251 Å². The van der Waals surface area contributed by atoms with Crippen LogP contribution in [0.4, 0.5) is 0 Å². The number of hydrogen-bond donors (Lipinski definition) is 6. The number of sulfonamides is 3. The maximum Gasteiger partial charge on any atom is 0.281 e. The summed E-state index contributed by atoms with van der Waals surface area (Å²) in [7, 11) is -12.2. The van der Waals surface area contributed by atoms with Crippen LogP contribution in [0.15, 0.2) is 264 Å². The number of amides is 3. The molecular formula is C94H86Cl3N9O12S3. The minimum absolute atomic E-state index is 0.0130. The molecule has 3 amide bonds. The van der Waals surface area contributed by atoms with Gasteiger partial charge in [0.15, 0.2) is 0 Å². The van der Waals surface area contributed by atoms with E-state index < -0.39 is 47.8 Å². The number of rotatable bonds is 27. The first-order valence-electron chi connectivity index (χ1n) is 38.8. The Bertz CT molecular complexity index is 6360. The van der Waals surface area contributed by atoms with Crippen molar-refractivity contribution in [1.82, 2.24) is 44.1 Å². The third kappa shape index (κ3) is 20.4. The summed E-state index contributed by atoms with van der Waals surface area (Å²) in [5, 5.41) is 4.68. The lowest BCUT2D eigenvalue weighted by atomic mass is 9.98. The van der Waals surface area contributed by atoms with Crippen molar-refractivity contribution in [2.45, 2.75) is 102 Å². The molecule has 121 heavy (non-hydrogen) atoms. The highest BCUT2D eigenvalue weighted by molar-refractivity contribution is 7.90. The number of para-hydroxylation sites is 3. The Kier molecular flexibility index (Phi) is 27.4. The molecule has 0 fully saturated rings. The Hall–Kier alpha value is -12.4. The molecule has 0 radical (unpaired) electrons. The van der Waals surface area contributed by atoms with Gasteiger partial charge >= 0.3 is 0 Å². The maximum absolute atomic E-state index is 13.5. The molecule has 15 rings (SSSR count). The molecule has 21 nitrogen and oxygen atoms in total. The summed E-state index contributed by atoms with van der Waals surface area (Å²) in [6.07, 6.45) is 13.6. The fraction of sp³-hybridized carbons (Fsp3) is 0.170. The number of halogens is 3. The molecule has 0 saturated carbocycles. The van der Waals surface area contributed by atoms with Gasteiger partial charge in [0.05, 0.1) is 51.1 Å². The largest absolute Gasteiger partial charge is 0.494 e. The van der Waals surface area contributed by atoms with E-state index in [9.17, 15) is 39.6 Å². The number of aromatic amines is 3. The molecule has 6 aromatic heterocycles. The molecular weight excluding hydrogens is 1650 g/mol. The average molecular weight is 1740 g/mol. The fourth-order valence-electron chi connectivity index (χ4n) is 14.5. The van der Waals surface area contributed by atoms with E-state index in [-0.39, 0.29) is 31.8 Å². The van der Waals surface area contributed by atoms with Crippen molar-refractivity contribution >= 4 is 115 Å². The number of fused-ring (bicyclic) bond motifs is 3. The van der Waals surface area contributed by atoms with Crippen LogP contribution in [0.2, 0.25) is 15.1 Å². The monoisotopic (exact) mass is 1730 g/mol. The Morgan fingerprint density at radius 1 is 0.331 bits per heavy atom. The molecule has 0 aliphatic carbocycles. The number of H-pyrrole nitrogens is 3. The highest BCUT2D eigenvalue weighted by Crippen LogP contribution is 2.38. The lowest BCUT2D eigenvalue weighted by Crippen LogP contribution is -2.31. The van der Waals surface area contributed by atoms with Gasteiger partial charge < -0.3 is 29.2 Å². The minimum atomic E-state index is -4.07. The van der Waals surface area contributed by atoms with Crippen molar-refractivity contribution in [3.8, 4) is 50.6 Å². The van der Waals surface area contributed by atoms with Crippen LogP contribution in [0.1, 0.15) is 106 Å². The lowest BCUT2D eigenvalue weighted by molar-refractivity contribution is 0.0967. The van der Waals surface area contributed by atoms with Gasteiger partial charge in [0.2, 0.25) is 0 Å². The van der Waals surface area contributed by atoms with Crippen molar-refractivity contribution < 1.29 is 53.8 Å². The summed E-state index contributed by atoms with van der Waals surface area (Å²) in [5.41, 5.74) is 17.0. The third-order valence-electron chi connectivity index (χ3n) is 20.4. The summed E-state index contributed by atoms with van der Waals surface area (Å²) in [6, 6.07) is 61.8. The number of benzene rings is 9. The molecule has 0 unspecified atom stereocenters. The molecule has 0 atom stereocenters. The van der Waals surface area contributed by atoms with Crippen molar-refractivity contribution in [2.75, 3.05) is 19.8 Å².